The first kappa shape index (κ1) is 18.7. The van der Waals surface area contributed by atoms with Crippen LogP contribution in [0.25, 0.3) is 0 Å². The number of hydrogen-bond acceptors (Lipinski definition) is 4. The van der Waals surface area contributed by atoms with Crippen LogP contribution < -0.4 is 15.4 Å². The third-order valence-corrected chi connectivity index (χ3v) is 4.25. The van der Waals surface area contributed by atoms with Gasteiger partial charge in [0.25, 0.3) is 5.91 Å². The van der Waals surface area contributed by atoms with Gasteiger partial charge in [-0.2, -0.15) is 0 Å². The number of methoxy groups -OCH3 is 1. The number of halogens is 1. The number of rotatable bonds is 7. The minimum atomic E-state index is -0.144. The lowest BCUT2D eigenvalue weighted by Gasteiger charge is -2.08. The van der Waals surface area contributed by atoms with E-state index in [1.807, 2.05) is 36.4 Å². The highest BCUT2D eigenvalue weighted by Crippen LogP contribution is 2.17. The fourth-order valence-corrected chi connectivity index (χ4v) is 2.62. The Kier molecular flexibility index (Phi) is 6.28. The molecule has 2 aromatic carbocycles. The van der Waals surface area contributed by atoms with Crippen molar-refractivity contribution in [2.45, 2.75) is 6.42 Å². The van der Waals surface area contributed by atoms with Crippen molar-refractivity contribution in [1.29, 1.82) is 0 Å². The molecule has 1 aromatic heterocycles. The average molecular weight is 382 g/mol. The number of nitrogens with one attached hydrogen (secondary N) is 2. The van der Waals surface area contributed by atoms with Crippen molar-refractivity contribution in [3.8, 4) is 5.75 Å². The van der Waals surface area contributed by atoms with Crippen LogP contribution in [0.5, 0.6) is 5.75 Å². The maximum atomic E-state index is 12.2. The predicted molar refractivity (Wildman–Crippen MR) is 108 cm³/mol. The zero-order valence-corrected chi connectivity index (χ0v) is 15.7. The number of nitrogens with zero attached hydrogens (tertiary/aromatic N) is 1. The molecule has 0 unspecified atom stereocenters. The Bertz CT molecular complexity index is 879. The molecule has 0 bridgehead atoms. The summed E-state index contributed by atoms with van der Waals surface area (Å²) >= 11 is 5.87. The molecule has 0 saturated heterocycles. The van der Waals surface area contributed by atoms with Crippen molar-refractivity contribution in [3.05, 3.63) is 83.0 Å². The second kappa shape index (κ2) is 9.05. The monoisotopic (exact) mass is 381 g/mol. The van der Waals surface area contributed by atoms with Gasteiger partial charge in [0, 0.05) is 23.5 Å². The second-order valence-corrected chi connectivity index (χ2v) is 6.35. The van der Waals surface area contributed by atoms with E-state index >= 15 is 0 Å². The van der Waals surface area contributed by atoms with Crippen LogP contribution in [-0.4, -0.2) is 24.5 Å². The first-order chi connectivity index (χ1) is 13.1. The van der Waals surface area contributed by atoms with E-state index in [1.165, 1.54) is 0 Å². The van der Waals surface area contributed by atoms with Gasteiger partial charge in [0.2, 0.25) is 0 Å². The molecule has 0 spiro atoms. The Balaban J connectivity index is 1.50. The molecule has 138 valence electrons. The summed E-state index contributed by atoms with van der Waals surface area (Å²) in [6, 6.07) is 18.6. The number of hydrogen-bond donors (Lipinski definition) is 2. The highest BCUT2D eigenvalue weighted by Gasteiger charge is 2.06. The molecule has 1 heterocycles. The number of benzene rings is 2. The number of carbonyl (C=O) groups excluding carboxylic acids is 1. The van der Waals surface area contributed by atoms with E-state index in [4.69, 9.17) is 16.3 Å². The maximum Gasteiger partial charge on any atom is 0.252 e. The average Bonchev–Trinajstić information content (AvgIpc) is 2.71. The number of pyridine rings is 1. The van der Waals surface area contributed by atoms with Crippen LogP contribution in [0.4, 0.5) is 11.5 Å². The molecule has 27 heavy (non-hydrogen) atoms. The zero-order chi connectivity index (χ0) is 19.1. The fraction of sp³-hybridized carbons (Fsp3) is 0.143. The first-order valence-corrected chi connectivity index (χ1v) is 8.91. The van der Waals surface area contributed by atoms with E-state index in [9.17, 15) is 4.79 Å². The van der Waals surface area contributed by atoms with Crippen LogP contribution in [0.3, 0.4) is 0 Å². The minimum Gasteiger partial charge on any atom is -0.497 e. The van der Waals surface area contributed by atoms with Gasteiger partial charge in [0.05, 0.1) is 12.7 Å². The van der Waals surface area contributed by atoms with Crippen molar-refractivity contribution in [3.63, 3.8) is 0 Å². The molecule has 3 aromatic rings. The molecule has 0 aliphatic carbocycles. The zero-order valence-electron chi connectivity index (χ0n) is 14.9. The maximum absolute atomic E-state index is 12.2. The Hall–Kier alpha value is -3.05. The molecule has 0 fully saturated rings. The molecule has 0 saturated carbocycles. The predicted octanol–water partition coefficient (Wildman–Crippen LogP) is 4.46. The molecular formula is C21H20ClN3O2. The fourth-order valence-electron chi connectivity index (χ4n) is 2.50. The van der Waals surface area contributed by atoms with E-state index < -0.39 is 0 Å². The van der Waals surface area contributed by atoms with Crippen LogP contribution in [-0.2, 0) is 6.42 Å². The van der Waals surface area contributed by atoms with E-state index in [2.05, 4.69) is 15.6 Å². The Morgan fingerprint density at radius 3 is 2.41 bits per heavy atom. The first-order valence-electron chi connectivity index (χ1n) is 8.54. The van der Waals surface area contributed by atoms with Crippen LogP contribution >= 0.6 is 11.6 Å². The SMILES string of the molecule is COc1ccc(CCNC(=O)c2ccc(Nc3ccc(Cl)cc3)nc2)cc1. The third kappa shape index (κ3) is 5.46. The molecule has 5 nitrogen and oxygen atoms in total. The van der Waals surface area contributed by atoms with E-state index in [0.717, 1.165) is 23.4 Å². The van der Waals surface area contributed by atoms with Gasteiger partial charge in [-0.3, -0.25) is 4.79 Å². The van der Waals surface area contributed by atoms with Gasteiger partial charge in [-0.15, -0.1) is 0 Å². The lowest BCUT2D eigenvalue weighted by Crippen LogP contribution is -2.25. The number of amides is 1. The normalized spacial score (nSPS) is 10.3. The van der Waals surface area contributed by atoms with E-state index in [-0.39, 0.29) is 5.91 Å². The standard InChI is InChI=1S/C21H20ClN3O2/c1-27-19-9-2-15(3-10-19)12-13-23-21(26)16-4-11-20(24-14-16)25-18-7-5-17(22)6-8-18/h2-11,14H,12-13H2,1H3,(H,23,26)(H,24,25). The van der Waals surface area contributed by atoms with Gasteiger partial charge in [-0.25, -0.2) is 4.98 Å². The summed E-state index contributed by atoms with van der Waals surface area (Å²) in [4.78, 5) is 16.5. The van der Waals surface area contributed by atoms with Gasteiger partial charge < -0.3 is 15.4 Å². The molecular weight excluding hydrogens is 362 g/mol. The van der Waals surface area contributed by atoms with Crippen molar-refractivity contribution < 1.29 is 9.53 Å². The van der Waals surface area contributed by atoms with E-state index in [0.29, 0.717) is 22.9 Å². The summed E-state index contributed by atoms with van der Waals surface area (Å²) in [6.45, 7) is 0.552. The summed E-state index contributed by atoms with van der Waals surface area (Å²) in [6.07, 6.45) is 2.31. The van der Waals surface area contributed by atoms with Gasteiger partial charge in [-0.05, 0) is 60.5 Å². The summed E-state index contributed by atoms with van der Waals surface area (Å²) < 4.78 is 5.13. The Labute approximate surface area is 163 Å². The van der Waals surface area contributed by atoms with Crippen LogP contribution in [0.2, 0.25) is 5.02 Å². The Morgan fingerprint density at radius 1 is 1.04 bits per heavy atom. The highest BCUT2D eigenvalue weighted by molar-refractivity contribution is 6.30. The minimum absolute atomic E-state index is 0.144. The van der Waals surface area contributed by atoms with Crippen molar-refractivity contribution in [2.24, 2.45) is 0 Å². The molecule has 2 N–H and O–H groups in total. The lowest BCUT2D eigenvalue weighted by molar-refractivity contribution is 0.0954. The smallest absolute Gasteiger partial charge is 0.252 e. The van der Waals surface area contributed by atoms with Crippen molar-refractivity contribution >= 4 is 29.0 Å². The van der Waals surface area contributed by atoms with Crippen molar-refractivity contribution in [2.75, 3.05) is 19.0 Å². The number of carbonyl (C=O) groups is 1. The molecule has 3 rings (SSSR count). The molecule has 0 radical (unpaired) electrons. The summed E-state index contributed by atoms with van der Waals surface area (Å²) in [7, 11) is 1.64. The number of anilines is 2. The summed E-state index contributed by atoms with van der Waals surface area (Å²) in [5.74, 6) is 1.34. The molecule has 0 atom stereocenters. The second-order valence-electron chi connectivity index (χ2n) is 5.92. The quantitative estimate of drug-likeness (QED) is 0.634. The molecule has 0 aliphatic rings. The number of aromatic nitrogens is 1. The van der Waals surface area contributed by atoms with E-state index in [1.54, 1.807) is 37.6 Å². The van der Waals surface area contributed by atoms with Crippen LogP contribution in [0, 0.1) is 0 Å². The van der Waals surface area contributed by atoms with Crippen molar-refractivity contribution in [1.82, 2.24) is 10.3 Å². The highest BCUT2D eigenvalue weighted by atomic mass is 35.5. The van der Waals surface area contributed by atoms with Crippen LogP contribution in [0.1, 0.15) is 15.9 Å². The van der Waals surface area contributed by atoms with Gasteiger partial charge in [-0.1, -0.05) is 23.7 Å². The topological polar surface area (TPSA) is 63.2 Å². The molecule has 1 amide bonds. The number of ether oxygens (including phenoxy) is 1. The molecule has 6 heteroatoms. The van der Waals surface area contributed by atoms with Gasteiger partial charge in [0.15, 0.2) is 0 Å². The largest absolute Gasteiger partial charge is 0.497 e. The summed E-state index contributed by atoms with van der Waals surface area (Å²) in [5, 5.41) is 6.74. The third-order valence-electron chi connectivity index (χ3n) is 4.00. The van der Waals surface area contributed by atoms with Gasteiger partial charge >= 0.3 is 0 Å². The Morgan fingerprint density at radius 2 is 1.78 bits per heavy atom. The summed E-state index contributed by atoms with van der Waals surface area (Å²) in [5.41, 5.74) is 2.53. The lowest BCUT2D eigenvalue weighted by atomic mass is 10.1. The molecule has 0 aliphatic heterocycles. The van der Waals surface area contributed by atoms with Gasteiger partial charge in [0.1, 0.15) is 11.6 Å². The van der Waals surface area contributed by atoms with Crippen LogP contribution in [0.15, 0.2) is 66.9 Å².